The second-order valence-corrected chi connectivity index (χ2v) is 7.57. The van der Waals surface area contributed by atoms with E-state index in [0.717, 1.165) is 34.9 Å². The molecular weight excluding hydrogens is 326 g/mol. The van der Waals surface area contributed by atoms with E-state index in [0.29, 0.717) is 6.04 Å². The molecule has 5 rings (SSSR count). The van der Waals surface area contributed by atoms with Crippen LogP contribution in [-0.2, 0) is 0 Å². The SMILES string of the molecule is C[C@@H](C[C@H]1CC[C@H]2CN12)Oc1cc(-c2ccc(O)cc2)cn2cncc12. The Balaban J connectivity index is 1.42. The number of piperidine rings is 1. The summed E-state index contributed by atoms with van der Waals surface area (Å²) in [5.41, 5.74) is 3.07. The van der Waals surface area contributed by atoms with Gasteiger partial charge in [-0.15, -0.1) is 0 Å². The molecule has 1 N–H and O–H groups in total. The predicted molar refractivity (Wildman–Crippen MR) is 101 cm³/mol. The van der Waals surface area contributed by atoms with Crippen molar-refractivity contribution in [1.29, 1.82) is 0 Å². The maximum Gasteiger partial charge on any atom is 0.145 e. The van der Waals surface area contributed by atoms with Crippen LogP contribution in [0.15, 0.2) is 49.1 Å². The molecule has 0 radical (unpaired) electrons. The van der Waals surface area contributed by atoms with Gasteiger partial charge in [-0.3, -0.25) is 4.90 Å². The molecule has 5 heteroatoms. The quantitative estimate of drug-likeness (QED) is 0.714. The zero-order valence-electron chi connectivity index (χ0n) is 14.9. The van der Waals surface area contributed by atoms with E-state index in [1.54, 1.807) is 18.5 Å². The number of fused-ring (bicyclic) bond motifs is 2. The summed E-state index contributed by atoms with van der Waals surface area (Å²) in [6.07, 6.45) is 9.57. The van der Waals surface area contributed by atoms with Crippen molar-refractivity contribution in [3.8, 4) is 22.6 Å². The Morgan fingerprint density at radius 2 is 2.08 bits per heavy atom. The molecule has 4 heterocycles. The van der Waals surface area contributed by atoms with Crippen LogP contribution in [0, 0.1) is 0 Å². The number of benzene rings is 1. The van der Waals surface area contributed by atoms with Gasteiger partial charge in [0.15, 0.2) is 0 Å². The Hall–Kier alpha value is -2.53. The van der Waals surface area contributed by atoms with Crippen LogP contribution >= 0.6 is 0 Å². The highest BCUT2D eigenvalue weighted by Crippen LogP contribution is 2.38. The summed E-state index contributed by atoms with van der Waals surface area (Å²) in [4.78, 5) is 6.87. The molecule has 0 bridgehead atoms. The van der Waals surface area contributed by atoms with Crippen LogP contribution in [0.5, 0.6) is 11.5 Å². The van der Waals surface area contributed by atoms with Gasteiger partial charge in [-0.2, -0.15) is 0 Å². The molecule has 1 aromatic carbocycles. The smallest absolute Gasteiger partial charge is 0.145 e. The van der Waals surface area contributed by atoms with Gasteiger partial charge in [-0.05, 0) is 49.9 Å². The van der Waals surface area contributed by atoms with Crippen LogP contribution in [0.4, 0.5) is 0 Å². The normalized spacial score (nSPS) is 25.2. The number of aromatic hydroxyl groups is 1. The second kappa shape index (κ2) is 6.02. The first-order valence-corrected chi connectivity index (χ1v) is 9.35. The summed E-state index contributed by atoms with van der Waals surface area (Å²) in [5.74, 6) is 1.13. The number of phenolic OH excluding ortho intramolecular Hbond substituents is 1. The third-order valence-corrected chi connectivity index (χ3v) is 5.68. The van der Waals surface area contributed by atoms with Crippen molar-refractivity contribution >= 4 is 5.52 Å². The van der Waals surface area contributed by atoms with E-state index >= 15 is 0 Å². The van der Waals surface area contributed by atoms with Gasteiger partial charge < -0.3 is 14.2 Å². The molecular formula is C21H23N3O2. The summed E-state index contributed by atoms with van der Waals surface area (Å²) < 4.78 is 8.36. The molecule has 4 atom stereocenters. The second-order valence-electron chi connectivity index (χ2n) is 7.57. The lowest BCUT2D eigenvalue weighted by molar-refractivity contribution is 0.182. The highest BCUT2D eigenvalue weighted by Gasteiger charge is 2.45. The summed E-state index contributed by atoms with van der Waals surface area (Å²) in [5, 5.41) is 9.53. The summed E-state index contributed by atoms with van der Waals surface area (Å²) in [7, 11) is 0. The third kappa shape index (κ3) is 2.82. The Morgan fingerprint density at radius 1 is 1.23 bits per heavy atom. The molecule has 0 amide bonds. The van der Waals surface area contributed by atoms with E-state index in [1.165, 1.54) is 19.4 Å². The highest BCUT2D eigenvalue weighted by atomic mass is 16.5. The maximum absolute atomic E-state index is 9.53. The molecule has 2 saturated heterocycles. The van der Waals surface area contributed by atoms with Gasteiger partial charge in [-0.1, -0.05) is 12.1 Å². The van der Waals surface area contributed by atoms with E-state index in [4.69, 9.17) is 4.74 Å². The number of aromatic nitrogens is 2. The van der Waals surface area contributed by atoms with Crippen LogP contribution < -0.4 is 4.74 Å². The molecule has 2 aliphatic heterocycles. The van der Waals surface area contributed by atoms with Gasteiger partial charge >= 0.3 is 0 Å². The molecule has 5 nitrogen and oxygen atoms in total. The Morgan fingerprint density at radius 3 is 2.81 bits per heavy atom. The van der Waals surface area contributed by atoms with E-state index in [9.17, 15) is 5.11 Å². The van der Waals surface area contributed by atoms with Crippen LogP contribution in [-0.4, -0.2) is 44.1 Å². The van der Waals surface area contributed by atoms with Gasteiger partial charge in [0, 0.05) is 30.4 Å². The summed E-state index contributed by atoms with van der Waals surface area (Å²) >= 11 is 0. The lowest BCUT2D eigenvalue weighted by Gasteiger charge is -2.21. The lowest BCUT2D eigenvalue weighted by atomic mass is 10.1. The standard InChI is InChI=1S/C21H23N3O2/c1-14(8-17-4-5-18-12-24(17)18)26-21-9-16(11-23-13-22-10-20(21)23)15-2-6-19(25)7-3-15/h2-3,6-7,9-11,13-14,17-18,25H,4-5,8,12H2,1H3/t14-,17+,18-,24?/m0/s1. The van der Waals surface area contributed by atoms with Crippen LogP contribution in [0.1, 0.15) is 26.2 Å². The van der Waals surface area contributed by atoms with Crippen molar-refractivity contribution in [2.24, 2.45) is 0 Å². The van der Waals surface area contributed by atoms with Crippen LogP contribution in [0.3, 0.4) is 0 Å². The molecule has 0 saturated carbocycles. The fraction of sp³-hybridized carbons (Fsp3) is 0.381. The minimum absolute atomic E-state index is 0.160. The summed E-state index contributed by atoms with van der Waals surface area (Å²) in [6.45, 7) is 3.44. The van der Waals surface area contributed by atoms with Crippen LogP contribution in [0.2, 0.25) is 0 Å². The van der Waals surface area contributed by atoms with Crippen molar-refractivity contribution in [2.45, 2.75) is 44.4 Å². The van der Waals surface area contributed by atoms with Gasteiger partial charge in [-0.25, -0.2) is 4.98 Å². The molecule has 0 spiro atoms. The highest BCUT2D eigenvalue weighted by molar-refractivity contribution is 5.71. The lowest BCUT2D eigenvalue weighted by Crippen LogP contribution is -2.24. The summed E-state index contributed by atoms with van der Waals surface area (Å²) in [6, 6.07) is 10.9. The van der Waals surface area contributed by atoms with Gasteiger partial charge in [0.2, 0.25) is 0 Å². The fourth-order valence-corrected chi connectivity index (χ4v) is 4.26. The maximum atomic E-state index is 9.53. The monoisotopic (exact) mass is 349 g/mol. The predicted octanol–water partition coefficient (Wildman–Crippen LogP) is 3.71. The Labute approximate surface area is 152 Å². The number of rotatable bonds is 5. The number of pyridine rings is 1. The number of hydrogen-bond donors (Lipinski definition) is 1. The minimum atomic E-state index is 0.160. The van der Waals surface area contributed by atoms with Gasteiger partial charge in [0.05, 0.1) is 18.6 Å². The molecule has 2 aliphatic rings. The molecule has 134 valence electrons. The van der Waals surface area contributed by atoms with E-state index in [1.807, 2.05) is 28.9 Å². The van der Waals surface area contributed by atoms with Crippen molar-refractivity contribution in [3.05, 3.63) is 49.1 Å². The largest absolute Gasteiger partial charge is 0.508 e. The van der Waals surface area contributed by atoms with Gasteiger partial charge in [0.1, 0.15) is 17.0 Å². The number of ether oxygens (including phenoxy) is 1. The first-order chi connectivity index (χ1) is 12.7. The average Bonchev–Trinajstić information content (AvgIpc) is 3.06. The van der Waals surface area contributed by atoms with Crippen molar-refractivity contribution in [2.75, 3.05) is 6.54 Å². The van der Waals surface area contributed by atoms with E-state index in [2.05, 4.69) is 22.9 Å². The minimum Gasteiger partial charge on any atom is -0.508 e. The van der Waals surface area contributed by atoms with Gasteiger partial charge in [0.25, 0.3) is 0 Å². The van der Waals surface area contributed by atoms with Crippen molar-refractivity contribution in [3.63, 3.8) is 0 Å². The Bertz CT molecular complexity index is 934. The molecule has 2 aromatic heterocycles. The molecule has 0 aliphatic carbocycles. The zero-order valence-corrected chi connectivity index (χ0v) is 14.9. The third-order valence-electron chi connectivity index (χ3n) is 5.68. The molecule has 1 unspecified atom stereocenters. The Kier molecular flexibility index (Phi) is 3.64. The van der Waals surface area contributed by atoms with Crippen molar-refractivity contribution < 1.29 is 9.84 Å². The number of imidazole rings is 1. The number of hydrogen-bond acceptors (Lipinski definition) is 4. The first-order valence-electron chi connectivity index (χ1n) is 9.35. The topological polar surface area (TPSA) is 49.8 Å². The van der Waals surface area contributed by atoms with E-state index in [-0.39, 0.29) is 11.9 Å². The first kappa shape index (κ1) is 15.7. The fourth-order valence-electron chi connectivity index (χ4n) is 4.26. The molecule has 26 heavy (non-hydrogen) atoms. The average molecular weight is 349 g/mol. The van der Waals surface area contributed by atoms with Crippen LogP contribution in [0.25, 0.3) is 16.6 Å². The number of nitrogens with zero attached hydrogens (tertiary/aromatic N) is 3. The molecule has 3 aromatic rings. The van der Waals surface area contributed by atoms with E-state index < -0.39 is 0 Å². The van der Waals surface area contributed by atoms with Crippen molar-refractivity contribution in [1.82, 2.24) is 14.3 Å². The molecule has 2 fully saturated rings. The zero-order chi connectivity index (χ0) is 17.7. The number of phenols is 1.